The van der Waals surface area contributed by atoms with Gasteiger partial charge in [0.1, 0.15) is 0 Å². The van der Waals surface area contributed by atoms with E-state index in [4.69, 9.17) is 5.11 Å². The standard InChI is InChI=1S/C9H11NO4/c1-5-7(8(11)12)3-6(4-10-5)9(13)14-2/h4,10H,3H2,1-2H3,(H,11,12). The molecule has 0 amide bonds. The molecule has 0 fully saturated rings. The van der Waals surface area contributed by atoms with E-state index in [2.05, 4.69) is 10.1 Å². The fraction of sp³-hybridized carbons (Fsp3) is 0.333. The average Bonchev–Trinajstić information content (AvgIpc) is 2.17. The van der Waals surface area contributed by atoms with Gasteiger partial charge in [-0.3, -0.25) is 0 Å². The lowest BCUT2D eigenvalue weighted by atomic mass is 10.0. The number of carboxylic acid groups (broad SMARTS) is 1. The molecule has 1 aliphatic heterocycles. The summed E-state index contributed by atoms with van der Waals surface area (Å²) in [6, 6.07) is 0. The third-order valence-electron chi connectivity index (χ3n) is 1.99. The van der Waals surface area contributed by atoms with E-state index in [9.17, 15) is 9.59 Å². The van der Waals surface area contributed by atoms with Crippen LogP contribution in [0.4, 0.5) is 0 Å². The molecular formula is C9H11NO4. The number of carboxylic acids is 1. The third-order valence-corrected chi connectivity index (χ3v) is 1.99. The lowest BCUT2D eigenvalue weighted by molar-refractivity contribution is -0.136. The topological polar surface area (TPSA) is 75.6 Å². The van der Waals surface area contributed by atoms with Gasteiger partial charge in [-0.25, -0.2) is 9.59 Å². The van der Waals surface area contributed by atoms with E-state index in [1.54, 1.807) is 6.92 Å². The number of rotatable bonds is 2. The number of dihydropyridines is 1. The Morgan fingerprint density at radius 3 is 2.71 bits per heavy atom. The Kier molecular flexibility index (Phi) is 2.91. The van der Waals surface area contributed by atoms with Gasteiger partial charge in [0.15, 0.2) is 0 Å². The number of ether oxygens (including phenoxy) is 1. The molecule has 0 radical (unpaired) electrons. The van der Waals surface area contributed by atoms with E-state index in [1.807, 2.05) is 0 Å². The molecule has 0 aliphatic carbocycles. The molecule has 1 rings (SSSR count). The van der Waals surface area contributed by atoms with Gasteiger partial charge in [-0.2, -0.15) is 0 Å². The first-order valence-electron chi connectivity index (χ1n) is 4.03. The molecular weight excluding hydrogens is 186 g/mol. The predicted octanol–water partition coefficient (Wildman–Crippen LogP) is 0.395. The van der Waals surface area contributed by atoms with E-state index >= 15 is 0 Å². The second-order valence-electron chi connectivity index (χ2n) is 2.89. The molecule has 0 saturated carbocycles. The minimum atomic E-state index is -1.02. The number of methoxy groups -OCH3 is 1. The highest BCUT2D eigenvalue weighted by Gasteiger charge is 2.21. The maximum absolute atomic E-state index is 11.1. The van der Waals surface area contributed by atoms with Crippen LogP contribution in [0.3, 0.4) is 0 Å². The summed E-state index contributed by atoms with van der Waals surface area (Å²) in [6.45, 7) is 1.65. The second-order valence-corrected chi connectivity index (χ2v) is 2.89. The number of esters is 1. The lowest BCUT2D eigenvalue weighted by Gasteiger charge is -2.15. The predicted molar refractivity (Wildman–Crippen MR) is 48.2 cm³/mol. The van der Waals surface area contributed by atoms with Gasteiger partial charge in [-0.15, -0.1) is 0 Å². The number of carbonyl (C=O) groups is 2. The fourth-order valence-corrected chi connectivity index (χ4v) is 1.15. The SMILES string of the molecule is COC(=O)C1=CNC(C)=C(C(=O)O)C1. The smallest absolute Gasteiger partial charge is 0.335 e. The Balaban J connectivity index is 2.84. The number of aliphatic carboxylic acids is 1. The van der Waals surface area contributed by atoms with Crippen molar-refractivity contribution in [1.29, 1.82) is 0 Å². The van der Waals surface area contributed by atoms with Crippen molar-refractivity contribution < 1.29 is 19.4 Å². The zero-order chi connectivity index (χ0) is 10.7. The molecule has 0 unspecified atom stereocenters. The van der Waals surface area contributed by atoms with Gasteiger partial charge in [-0.1, -0.05) is 0 Å². The largest absolute Gasteiger partial charge is 0.478 e. The van der Waals surface area contributed by atoms with E-state index in [0.29, 0.717) is 11.3 Å². The van der Waals surface area contributed by atoms with Crippen LogP contribution in [0.5, 0.6) is 0 Å². The summed E-state index contributed by atoms with van der Waals surface area (Å²) in [5, 5.41) is 11.5. The molecule has 0 aromatic heterocycles. The van der Waals surface area contributed by atoms with Crippen LogP contribution in [-0.2, 0) is 14.3 Å². The third kappa shape index (κ3) is 1.93. The minimum absolute atomic E-state index is 0.0981. The Labute approximate surface area is 81.1 Å². The maximum Gasteiger partial charge on any atom is 0.335 e. The highest BCUT2D eigenvalue weighted by molar-refractivity contribution is 5.95. The Bertz CT molecular complexity index is 341. The molecule has 0 bridgehead atoms. The van der Waals surface area contributed by atoms with Crippen LogP contribution in [-0.4, -0.2) is 24.2 Å². The average molecular weight is 197 g/mol. The van der Waals surface area contributed by atoms with Gasteiger partial charge < -0.3 is 15.2 Å². The number of hydrogen-bond donors (Lipinski definition) is 2. The molecule has 1 aliphatic rings. The molecule has 0 saturated heterocycles. The zero-order valence-corrected chi connectivity index (χ0v) is 7.96. The Hall–Kier alpha value is -1.78. The first-order chi connectivity index (χ1) is 6.56. The molecule has 0 spiro atoms. The zero-order valence-electron chi connectivity index (χ0n) is 7.96. The van der Waals surface area contributed by atoms with E-state index in [1.165, 1.54) is 13.3 Å². The number of nitrogens with one attached hydrogen (secondary N) is 1. The number of carbonyl (C=O) groups excluding carboxylic acids is 1. The van der Waals surface area contributed by atoms with Crippen molar-refractivity contribution in [2.45, 2.75) is 13.3 Å². The van der Waals surface area contributed by atoms with Crippen molar-refractivity contribution >= 4 is 11.9 Å². The summed E-state index contributed by atoms with van der Waals surface area (Å²) in [5.74, 6) is -1.53. The maximum atomic E-state index is 11.1. The molecule has 5 heteroatoms. The lowest BCUT2D eigenvalue weighted by Crippen LogP contribution is -2.21. The van der Waals surface area contributed by atoms with Crippen LogP contribution < -0.4 is 5.32 Å². The van der Waals surface area contributed by atoms with Gasteiger partial charge in [0, 0.05) is 18.3 Å². The molecule has 2 N–H and O–H groups in total. The van der Waals surface area contributed by atoms with Gasteiger partial charge in [0.25, 0.3) is 0 Å². The monoisotopic (exact) mass is 197 g/mol. The molecule has 0 aromatic carbocycles. The van der Waals surface area contributed by atoms with Crippen LogP contribution in [0.15, 0.2) is 23.0 Å². The van der Waals surface area contributed by atoms with Crippen molar-refractivity contribution in [2.24, 2.45) is 0 Å². The Morgan fingerprint density at radius 1 is 1.57 bits per heavy atom. The second kappa shape index (κ2) is 3.95. The molecule has 76 valence electrons. The summed E-state index contributed by atoms with van der Waals surface area (Å²) in [7, 11) is 1.26. The van der Waals surface area contributed by atoms with Crippen molar-refractivity contribution in [2.75, 3.05) is 7.11 Å². The molecule has 5 nitrogen and oxygen atoms in total. The highest BCUT2D eigenvalue weighted by Crippen LogP contribution is 2.19. The van der Waals surface area contributed by atoms with Crippen LogP contribution in [0.25, 0.3) is 0 Å². The summed E-state index contributed by atoms with van der Waals surface area (Å²) in [5.41, 5.74) is 1.05. The normalized spacial score (nSPS) is 15.7. The summed E-state index contributed by atoms with van der Waals surface area (Å²) < 4.78 is 4.49. The van der Waals surface area contributed by atoms with Gasteiger partial charge in [-0.05, 0) is 6.92 Å². The molecule has 0 aromatic rings. The van der Waals surface area contributed by atoms with Gasteiger partial charge in [0.05, 0.1) is 18.3 Å². The van der Waals surface area contributed by atoms with Gasteiger partial charge in [0.2, 0.25) is 0 Å². The first kappa shape index (κ1) is 10.3. The van der Waals surface area contributed by atoms with E-state index in [-0.39, 0.29) is 12.0 Å². The van der Waals surface area contributed by atoms with Crippen molar-refractivity contribution in [1.82, 2.24) is 5.32 Å². The molecule has 1 heterocycles. The van der Waals surface area contributed by atoms with E-state index in [0.717, 1.165) is 0 Å². The van der Waals surface area contributed by atoms with Crippen molar-refractivity contribution in [3.05, 3.63) is 23.0 Å². The van der Waals surface area contributed by atoms with Gasteiger partial charge >= 0.3 is 11.9 Å². The minimum Gasteiger partial charge on any atom is -0.478 e. The summed E-state index contributed by atoms with van der Waals surface area (Å²) >= 11 is 0. The van der Waals surface area contributed by atoms with Crippen LogP contribution >= 0.6 is 0 Å². The number of allylic oxidation sites excluding steroid dienone is 1. The van der Waals surface area contributed by atoms with Crippen molar-refractivity contribution in [3.63, 3.8) is 0 Å². The summed E-state index contributed by atoms with van der Waals surface area (Å²) in [4.78, 5) is 21.8. The summed E-state index contributed by atoms with van der Waals surface area (Å²) in [6.07, 6.45) is 1.56. The first-order valence-corrected chi connectivity index (χ1v) is 4.03. The highest BCUT2D eigenvalue weighted by atomic mass is 16.5. The molecule has 14 heavy (non-hydrogen) atoms. The van der Waals surface area contributed by atoms with Crippen LogP contribution in [0.2, 0.25) is 0 Å². The number of hydrogen-bond acceptors (Lipinski definition) is 4. The quantitative estimate of drug-likeness (QED) is 0.626. The van der Waals surface area contributed by atoms with Crippen LogP contribution in [0, 0.1) is 0 Å². The van der Waals surface area contributed by atoms with Crippen LogP contribution in [0.1, 0.15) is 13.3 Å². The van der Waals surface area contributed by atoms with E-state index < -0.39 is 11.9 Å². The Morgan fingerprint density at radius 2 is 2.21 bits per heavy atom. The fourth-order valence-electron chi connectivity index (χ4n) is 1.15. The van der Waals surface area contributed by atoms with Crippen molar-refractivity contribution in [3.8, 4) is 0 Å². The molecule has 0 atom stereocenters.